The summed E-state index contributed by atoms with van der Waals surface area (Å²) in [6.07, 6.45) is 1.79. The number of halogens is 1. The molecular formula is C31H24BrN3O3S. The van der Waals surface area contributed by atoms with E-state index in [9.17, 15) is 0 Å². The molecule has 2 aromatic heterocycles. The molecule has 0 amide bonds. The third kappa shape index (κ3) is 5.26. The molecule has 0 aliphatic carbocycles. The lowest BCUT2D eigenvalue weighted by Crippen LogP contribution is -2.29. The molecule has 1 fully saturated rings. The van der Waals surface area contributed by atoms with Crippen LogP contribution in [0.5, 0.6) is 17.2 Å². The number of ether oxygens (including phenoxy) is 2. The van der Waals surface area contributed by atoms with Gasteiger partial charge in [-0.25, -0.2) is 0 Å². The molecule has 1 N–H and O–H groups in total. The predicted molar refractivity (Wildman–Crippen MR) is 159 cm³/mol. The molecule has 0 bridgehead atoms. The molecule has 0 radical (unpaired) electrons. The molecule has 1 aliphatic rings. The predicted octanol–water partition coefficient (Wildman–Crippen LogP) is 8.08. The van der Waals surface area contributed by atoms with Gasteiger partial charge >= 0.3 is 0 Å². The van der Waals surface area contributed by atoms with Crippen LogP contribution in [0.25, 0.3) is 11.3 Å². The van der Waals surface area contributed by atoms with Crippen LogP contribution >= 0.6 is 28.1 Å². The van der Waals surface area contributed by atoms with Gasteiger partial charge in [0.15, 0.2) is 5.11 Å². The lowest BCUT2D eigenvalue weighted by Gasteiger charge is -2.26. The molecule has 0 saturated carbocycles. The van der Waals surface area contributed by atoms with E-state index in [0.717, 1.165) is 50.2 Å². The van der Waals surface area contributed by atoms with Crippen LogP contribution < -0.4 is 19.7 Å². The number of pyridine rings is 1. The molecule has 1 aliphatic heterocycles. The molecule has 2 atom stereocenters. The number of nitrogens with one attached hydrogen (secondary N) is 1. The lowest BCUT2D eigenvalue weighted by molar-refractivity contribution is 0.413. The van der Waals surface area contributed by atoms with Gasteiger partial charge in [0.05, 0.1) is 18.8 Å². The van der Waals surface area contributed by atoms with Gasteiger partial charge in [-0.05, 0) is 97.1 Å². The monoisotopic (exact) mass is 597 g/mol. The standard InChI is InChI=1S/C31H24BrN3O3S/c1-36-23-13-15-25(16-14-23)37-24-11-9-22(10-12-24)35-30(29(34-31(35)39)26-4-2-3-19-33-26)28-18-17-27(38-28)20-5-7-21(32)8-6-20/h2-19,29-30H,1H3,(H,34,39)/t29-,30+/m0/s1. The second-order valence-electron chi connectivity index (χ2n) is 8.98. The summed E-state index contributed by atoms with van der Waals surface area (Å²) in [5, 5.41) is 4.07. The minimum atomic E-state index is -0.245. The topological polar surface area (TPSA) is 59.8 Å². The van der Waals surface area contributed by atoms with Crippen LogP contribution in [0.4, 0.5) is 5.69 Å². The van der Waals surface area contributed by atoms with Crippen molar-refractivity contribution in [1.29, 1.82) is 0 Å². The maximum atomic E-state index is 6.45. The number of methoxy groups -OCH3 is 1. The number of hydrogen-bond acceptors (Lipinski definition) is 5. The molecule has 0 unspecified atom stereocenters. The van der Waals surface area contributed by atoms with Crippen LogP contribution in [0.2, 0.25) is 0 Å². The van der Waals surface area contributed by atoms with Gasteiger partial charge in [0.1, 0.15) is 34.8 Å². The Morgan fingerprint density at radius 2 is 1.54 bits per heavy atom. The van der Waals surface area contributed by atoms with Gasteiger partial charge in [0.25, 0.3) is 0 Å². The summed E-state index contributed by atoms with van der Waals surface area (Å²) in [6.45, 7) is 0. The molecule has 39 heavy (non-hydrogen) atoms. The summed E-state index contributed by atoms with van der Waals surface area (Å²) in [5.74, 6) is 3.80. The Hall–Kier alpha value is -4.14. The summed E-state index contributed by atoms with van der Waals surface area (Å²) in [5.41, 5.74) is 2.80. The van der Waals surface area contributed by atoms with Crippen molar-refractivity contribution in [1.82, 2.24) is 10.3 Å². The van der Waals surface area contributed by atoms with Crippen molar-refractivity contribution in [2.24, 2.45) is 0 Å². The summed E-state index contributed by atoms with van der Waals surface area (Å²) in [7, 11) is 1.64. The first-order valence-electron chi connectivity index (χ1n) is 12.4. The van der Waals surface area contributed by atoms with Gasteiger partial charge in [-0.2, -0.15) is 0 Å². The SMILES string of the molecule is COc1ccc(Oc2ccc(N3C(=S)N[C@@H](c4ccccn4)[C@H]3c3ccc(-c4ccc(Br)cc4)o3)cc2)cc1. The van der Waals surface area contributed by atoms with Crippen LogP contribution in [-0.4, -0.2) is 17.2 Å². The zero-order valence-corrected chi connectivity index (χ0v) is 23.4. The fraction of sp³-hybridized carbons (Fsp3) is 0.0968. The van der Waals surface area contributed by atoms with Gasteiger partial charge in [-0.15, -0.1) is 0 Å². The van der Waals surface area contributed by atoms with E-state index in [4.69, 9.17) is 26.1 Å². The molecule has 6 nitrogen and oxygen atoms in total. The highest BCUT2D eigenvalue weighted by molar-refractivity contribution is 9.10. The zero-order valence-electron chi connectivity index (χ0n) is 21.0. The summed E-state index contributed by atoms with van der Waals surface area (Å²) in [6, 6.07) is 32.9. The fourth-order valence-electron chi connectivity index (χ4n) is 4.66. The molecule has 194 valence electrons. The molecule has 8 heteroatoms. The molecule has 0 spiro atoms. The van der Waals surface area contributed by atoms with Crippen LogP contribution in [0.1, 0.15) is 23.5 Å². The second-order valence-corrected chi connectivity index (χ2v) is 10.3. The minimum absolute atomic E-state index is 0.196. The van der Waals surface area contributed by atoms with Crippen LogP contribution in [-0.2, 0) is 0 Å². The maximum absolute atomic E-state index is 6.45. The van der Waals surface area contributed by atoms with E-state index in [2.05, 4.69) is 31.1 Å². The molecule has 6 rings (SSSR count). The Bertz CT molecular complexity index is 1570. The number of hydrogen-bond donors (Lipinski definition) is 1. The van der Waals surface area contributed by atoms with Crippen molar-refractivity contribution in [2.45, 2.75) is 12.1 Å². The molecule has 3 aromatic carbocycles. The molecule has 1 saturated heterocycles. The van der Waals surface area contributed by atoms with Crippen LogP contribution in [0, 0.1) is 0 Å². The Balaban J connectivity index is 1.32. The van der Waals surface area contributed by atoms with E-state index in [0.29, 0.717) is 5.11 Å². The second kappa shape index (κ2) is 10.9. The average Bonchev–Trinajstić information content (AvgIpc) is 3.59. The van der Waals surface area contributed by atoms with E-state index in [-0.39, 0.29) is 12.1 Å². The number of rotatable bonds is 7. The number of aromatic nitrogens is 1. The Morgan fingerprint density at radius 1 is 0.846 bits per heavy atom. The quantitative estimate of drug-likeness (QED) is 0.190. The van der Waals surface area contributed by atoms with Crippen molar-refractivity contribution >= 4 is 38.9 Å². The largest absolute Gasteiger partial charge is 0.497 e. The first-order chi connectivity index (χ1) is 19.1. The third-order valence-electron chi connectivity index (χ3n) is 6.56. The summed E-state index contributed by atoms with van der Waals surface area (Å²) in [4.78, 5) is 6.70. The number of thiocarbonyl (C=S) groups is 1. The highest BCUT2D eigenvalue weighted by Gasteiger charge is 2.42. The number of furan rings is 1. The van der Waals surface area contributed by atoms with Gasteiger partial charge < -0.3 is 24.1 Å². The van der Waals surface area contributed by atoms with Crippen LogP contribution in [0.15, 0.2) is 118 Å². The first kappa shape index (κ1) is 25.2. The third-order valence-corrected chi connectivity index (χ3v) is 7.40. The van der Waals surface area contributed by atoms with E-state index in [1.807, 2.05) is 103 Å². The number of anilines is 1. The minimum Gasteiger partial charge on any atom is -0.497 e. The van der Waals surface area contributed by atoms with Crippen molar-refractivity contribution in [3.05, 3.63) is 125 Å². The van der Waals surface area contributed by atoms with Crippen molar-refractivity contribution in [3.63, 3.8) is 0 Å². The van der Waals surface area contributed by atoms with E-state index >= 15 is 0 Å². The van der Waals surface area contributed by atoms with Crippen molar-refractivity contribution in [2.75, 3.05) is 12.0 Å². The lowest BCUT2D eigenvalue weighted by atomic mass is 10.0. The maximum Gasteiger partial charge on any atom is 0.174 e. The van der Waals surface area contributed by atoms with E-state index < -0.39 is 0 Å². The van der Waals surface area contributed by atoms with E-state index in [1.165, 1.54) is 0 Å². The van der Waals surface area contributed by atoms with E-state index in [1.54, 1.807) is 13.3 Å². The van der Waals surface area contributed by atoms with Crippen LogP contribution in [0.3, 0.4) is 0 Å². The Kier molecular flexibility index (Phi) is 7.04. The first-order valence-corrected chi connectivity index (χ1v) is 13.6. The van der Waals surface area contributed by atoms with Crippen molar-refractivity contribution < 1.29 is 13.9 Å². The summed E-state index contributed by atoms with van der Waals surface area (Å²) < 4.78 is 18.7. The normalized spacial score (nSPS) is 16.7. The van der Waals surface area contributed by atoms with Gasteiger partial charge in [-0.3, -0.25) is 4.98 Å². The Labute approximate surface area is 240 Å². The zero-order chi connectivity index (χ0) is 26.8. The fourth-order valence-corrected chi connectivity index (χ4v) is 5.27. The van der Waals surface area contributed by atoms with Crippen molar-refractivity contribution in [3.8, 4) is 28.6 Å². The average molecular weight is 599 g/mol. The highest BCUT2D eigenvalue weighted by Crippen LogP contribution is 2.43. The summed E-state index contributed by atoms with van der Waals surface area (Å²) >= 11 is 9.35. The smallest absolute Gasteiger partial charge is 0.174 e. The van der Waals surface area contributed by atoms with Gasteiger partial charge in [0.2, 0.25) is 0 Å². The molecule has 5 aromatic rings. The number of benzene rings is 3. The van der Waals surface area contributed by atoms with Gasteiger partial charge in [0, 0.05) is 21.9 Å². The van der Waals surface area contributed by atoms with Gasteiger partial charge in [-0.1, -0.05) is 34.1 Å². The number of nitrogens with zero attached hydrogens (tertiary/aromatic N) is 2. The molecule has 3 heterocycles. The highest BCUT2D eigenvalue weighted by atomic mass is 79.9. The Morgan fingerprint density at radius 3 is 2.21 bits per heavy atom. The molecular weight excluding hydrogens is 574 g/mol.